The van der Waals surface area contributed by atoms with Crippen LogP contribution in [0.25, 0.3) is 0 Å². The molecular formula is C15H31IN6. The van der Waals surface area contributed by atoms with Crippen molar-refractivity contribution < 1.29 is 0 Å². The molecule has 0 radical (unpaired) electrons. The second kappa shape index (κ2) is 11.7. The van der Waals surface area contributed by atoms with Gasteiger partial charge in [0.25, 0.3) is 0 Å². The highest BCUT2D eigenvalue weighted by atomic mass is 127. The van der Waals surface area contributed by atoms with E-state index in [4.69, 9.17) is 0 Å². The maximum atomic E-state index is 4.22. The molecule has 0 unspecified atom stereocenters. The molecule has 1 rings (SSSR count). The molecule has 0 atom stereocenters. The number of aliphatic imine (C=N–C) groups is 1. The van der Waals surface area contributed by atoms with E-state index < -0.39 is 0 Å². The zero-order chi connectivity index (χ0) is 15.7. The first-order valence-corrected chi connectivity index (χ1v) is 7.73. The highest BCUT2D eigenvalue weighted by Crippen LogP contribution is 2.05. The van der Waals surface area contributed by atoms with Crippen LogP contribution in [-0.2, 0) is 6.54 Å². The number of aromatic nitrogens is 2. The molecule has 0 bridgehead atoms. The van der Waals surface area contributed by atoms with Gasteiger partial charge in [0, 0.05) is 38.4 Å². The minimum Gasteiger partial charge on any atom is -0.356 e. The zero-order valence-corrected chi connectivity index (χ0v) is 16.7. The van der Waals surface area contributed by atoms with Crippen LogP contribution in [0.2, 0.25) is 0 Å². The monoisotopic (exact) mass is 422 g/mol. The molecule has 7 heteroatoms. The van der Waals surface area contributed by atoms with Crippen molar-refractivity contribution in [3.05, 3.63) is 18.0 Å². The van der Waals surface area contributed by atoms with Crippen molar-refractivity contribution in [2.75, 3.05) is 20.1 Å². The van der Waals surface area contributed by atoms with Crippen LogP contribution in [0.5, 0.6) is 0 Å². The van der Waals surface area contributed by atoms with Gasteiger partial charge in [-0.1, -0.05) is 0 Å². The molecule has 3 N–H and O–H groups in total. The van der Waals surface area contributed by atoms with Gasteiger partial charge in [-0.25, -0.2) is 0 Å². The zero-order valence-electron chi connectivity index (χ0n) is 14.4. The molecule has 0 aliphatic heterocycles. The Labute approximate surface area is 151 Å². The third-order valence-corrected chi connectivity index (χ3v) is 3.44. The lowest BCUT2D eigenvalue weighted by Gasteiger charge is -2.30. The molecule has 0 fully saturated rings. The van der Waals surface area contributed by atoms with Gasteiger partial charge in [0.1, 0.15) is 0 Å². The Kier molecular flexibility index (Phi) is 11.3. The number of guanidine groups is 1. The molecule has 0 aromatic carbocycles. The van der Waals surface area contributed by atoms with Crippen molar-refractivity contribution in [1.29, 1.82) is 0 Å². The van der Waals surface area contributed by atoms with Gasteiger partial charge in [0.15, 0.2) is 5.96 Å². The highest BCUT2D eigenvalue weighted by molar-refractivity contribution is 14.0. The number of aromatic amines is 1. The average Bonchev–Trinajstić information content (AvgIpc) is 2.94. The summed E-state index contributed by atoms with van der Waals surface area (Å²) in [4.78, 5) is 6.72. The molecule has 6 nitrogen and oxygen atoms in total. The lowest BCUT2D eigenvalue weighted by Crippen LogP contribution is -2.41. The fourth-order valence-electron chi connectivity index (χ4n) is 2.36. The fourth-order valence-corrected chi connectivity index (χ4v) is 2.36. The predicted octanol–water partition coefficient (Wildman–Crippen LogP) is 2.20. The molecule has 0 aliphatic carbocycles. The van der Waals surface area contributed by atoms with Crippen LogP contribution in [-0.4, -0.2) is 53.3 Å². The maximum Gasteiger partial charge on any atom is 0.191 e. The molecular weight excluding hydrogens is 391 g/mol. The lowest BCUT2D eigenvalue weighted by molar-refractivity contribution is 0.173. The van der Waals surface area contributed by atoms with Gasteiger partial charge >= 0.3 is 0 Å². The van der Waals surface area contributed by atoms with Gasteiger partial charge in [-0.2, -0.15) is 5.10 Å². The van der Waals surface area contributed by atoms with Crippen LogP contribution in [0, 0.1) is 0 Å². The van der Waals surface area contributed by atoms with E-state index in [-0.39, 0.29) is 24.0 Å². The summed E-state index contributed by atoms with van der Waals surface area (Å²) in [5, 5.41) is 13.4. The Morgan fingerprint density at radius 1 is 1.27 bits per heavy atom. The van der Waals surface area contributed by atoms with Gasteiger partial charge in [-0.15, -0.1) is 24.0 Å². The van der Waals surface area contributed by atoms with E-state index in [1.165, 1.54) is 0 Å². The molecule has 0 spiro atoms. The summed E-state index contributed by atoms with van der Waals surface area (Å²) in [7, 11) is 1.79. The molecule has 22 heavy (non-hydrogen) atoms. The van der Waals surface area contributed by atoms with Crippen molar-refractivity contribution in [2.45, 2.75) is 52.7 Å². The van der Waals surface area contributed by atoms with E-state index in [2.05, 4.69) is 58.4 Å². The minimum atomic E-state index is 0. The van der Waals surface area contributed by atoms with Gasteiger partial charge in [0.05, 0.1) is 12.2 Å². The van der Waals surface area contributed by atoms with Gasteiger partial charge in [-0.3, -0.25) is 15.0 Å². The number of hydrogen-bond acceptors (Lipinski definition) is 3. The summed E-state index contributed by atoms with van der Waals surface area (Å²) in [6, 6.07) is 3.12. The van der Waals surface area contributed by atoms with E-state index in [0.717, 1.165) is 31.2 Å². The standard InChI is InChI=1S/C15H30N6.HI/c1-12(2)21(13(3)4)10-6-8-17-15(16-5)18-11-14-7-9-19-20-14;/h7,9,12-13H,6,8,10-11H2,1-5H3,(H,19,20)(H2,16,17,18);1H. The Bertz CT molecular complexity index is 394. The van der Waals surface area contributed by atoms with Crippen LogP contribution < -0.4 is 10.6 Å². The first-order valence-electron chi connectivity index (χ1n) is 7.73. The summed E-state index contributed by atoms with van der Waals surface area (Å²) in [6.45, 7) is 11.7. The molecule has 0 saturated carbocycles. The minimum absolute atomic E-state index is 0. The molecule has 0 amide bonds. The molecule has 1 aromatic rings. The third kappa shape index (κ3) is 7.98. The van der Waals surface area contributed by atoms with Crippen molar-refractivity contribution in [3.8, 4) is 0 Å². The van der Waals surface area contributed by atoms with E-state index in [9.17, 15) is 0 Å². The summed E-state index contributed by atoms with van der Waals surface area (Å²) in [5.41, 5.74) is 1.05. The molecule has 128 valence electrons. The maximum absolute atomic E-state index is 4.22. The fraction of sp³-hybridized carbons (Fsp3) is 0.733. The topological polar surface area (TPSA) is 68.3 Å². The van der Waals surface area contributed by atoms with E-state index in [0.29, 0.717) is 18.6 Å². The van der Waals surface area contributed by atoms with Crippen LogP contribution in [0.1, 0.15) is 39.8 Å². The average molecular weight is 422 g/mol. The second-order valence-corrected chi connectivity index (χ2v) is 5.71. The van der Waals surface area contributed by atoms with Gasteiger partial charge in [0.2, 0.25) is 0 Å². The number of rotatable bonds is 8. The smallest absolute Gasteiger partial charge is 0.191 e. The number of halogens is 1. The number of nitrogens with zero attached hydrogens (tertiary/aromatic N) is 3. The number of H-pyrrole nitrogens is 1. The first-order chi connectivity index (χ1) is 10.0. The van der Waals surface area contributed by atoms with Gasteiger partial charge in [-0.05, 0) is 40.2 Å². The van der Waals surface area contributed by atoms with Crippen molar-refractivity contribution in [2.24, 2.45) is 4.99 Å². The Balaban J connectivity index is 0.00000441. The van der Waals surface area contributed by atoms with Crippen molar-refractivity contribution >= 4 is 29.9 Å². The number of hydrogen-bond donors (Lipinski definition) is 3. The SMILES string of the molecule is CN=C(NCCCN(C(C)C)C(C)C)NCc1ccn[nH]1.I. The molecule has 1 aromatic heterocycles. The summed E-state index contributed by atoms with van der Waals surface area (Å²) >= 11 is 0. The first kappa shape index (κ1) is 21.2. The summed E-state index contributed by atoms with van der Waals surface area (Å²) in [6.07, 6.45) is 2.85. The third-order valence-electron chi connectivity index (χ3n) is 3.44. The van der Waals surface area contributed by atoms with Crippen LogP contribution in [0.15, 0.2) is 17.3 Å². The predicted molar refractivity (Wildman–Crippen MR) is 104 cm³/mol. The number of nitrogens with one attached hydrogen (secondary N) is 3. The second-order valence-electron chi connectivity index (χ2n) is 5.71. The molecule has 1 heterocycles. The van der Waals surface area contributed by atoms with Crippen molar-refractivity contribution in [3.63, 3.8) is 0 Å². The highest BCUT2D eigenvalue weighted by Gasteiger charge is 2.12. The Hall–Kier alpha value is -0.830. The Morgan fingerprint density at radius 3 is 2.45 bits per heavy atom. The normalized spacial score (nSPS) is 11.9. The Morgan fingerprint density at radius 2 is 1.95 bits per heavy atom. The van der Waals surface area contributed by atoms with Crippen molar-refractivity contribution in [1.82, 2.24) is 25.7 Å². The largest absolute Gasteiger partial charge is 0.356 e. The van der Waals surface area contributed by atoms with E-state index in [1.54, 1.807) is 13.2 Å². The molecule has 0 aliphatic rings. The van der Waals surface area contributed by atoms with E-state index in [1.807, 2.05) is 6.07 Å². The molecule has 0 saturated heterocycles. The van der Waals surface area contributed by atoms with Gasteiger partial charge < -0.3 is 10.6 Å². The quantitative estimate of drug-likeness (QED) is 0.260. The summed E-state index contributed by atoms with van der Waals surface area (Å²) < 4.78 is 0. The van der Waals surface area contributed by atoms with Crippen LogP contribution in [0.4, 0.5) is 0 Å². The van der Waals surface area contributed by atoms with Crippen LogP contribution in [0.3, 0.4) is 0 Å². The lowest BCUT2D eigenvalue weighted by atomic mass is 10.2. The van der Waals surface area contributed by atoms with Crippen LogP contribution >= 0.6 is 24.0 Å². The summed E-state index contributed by atoms with van der Waals surface area (Å²) in [5.74, 6) is 0.824. The van der Waals surface area contributed by atoms with E-state index >= 15 is 0 Å².